The number of aromatic nitrogens is 5. The Morgan fingerprint density at radius 1 is 1.33 bits per heavy atom. The predicted octanol–water partition coefficient (Wildman–Crippen LogP) is 2.16. The highest BCUT2D eigenvalue weighted by atomic mass is 32.2. The van der Waals surface area contributed by atoms with Crippen LogP contribution in [0.3, 0.4) is 0 Å². The van der Waals surface area contributed by atoms with E-state index < -0.39 is 22.3 Å². The van der Waals surface area contributed by atoms with Crippen molar-refractivity contribution in [3.05, 3.63) is 42.4 Å². The van der Waals surface area contributed by atoms with Gasteiger partial charge in [-0.15, -0.1) is 10.2 Å². The van der Waals surface area contributed by atoms with Gasteiger partial charge in [0.25, 0.3) is 11.8 Å². The van der Waals surface area contributed by atoms with Crippen molar-refractivity contribution in [2.45, 2.75) is 19.9 Å². The molecule has 3 aromatic heterocycles. The van der Waals surface area contributed by atoms with Gasteiger partial charge in [0.15, 0.2) is 0 Å². The van der Waals surface area contributed by atoms with Crippen LogP contribution in [0, 0.1) is 0 Å². The number of hydrogen-bond donors (Lipinski definition) is 0. The molecule has 3 aromatic rings. The summed E-state index contributed by atoms with van der Waals surface area (Å²) in [4.78, 5) is 8.21. The minimum absolute atomic E-state index is 0.0752. The third-order valence-corrected chi connectivity index (χ3v) is 5.48. The molecule has 3 rings (SSSR count). The van der Waals surface area contributed by atoms with Gasteiger partial charge < -0.3 is 8.98 Å². The Balaban J connectivity index is 1.94. The molecule has 0 unspecified atom stereocenters. The van der Waals surface area contributed by atoms with Gasteiger partial charge in [-0.2, -0.15) is 8.78 Å². The normalized spacial score (nSPS) is 11.9. The van der Waals surface area contributed by atoms with Crippen LogP contribution >= 0.6 is 0 Å². The Hall–Kier alpha value is -2.89. The van der Waals surface area contributed by atoms with Crippen molar-refractivity contribution in [3.63, 3.8) is 0 Å². The molecule has 0 spiro atoms. The molecule has 0 N–H and O–H groups in total. The number of sulfonamides is 1. The second-order valence-corrected chi connectivity index (χ2v) is 7.70. The van der Waals surface area contributed by atoms with Crippen LogP contribution in [0.4, 0.5) is 14.5 Å². The quantitative estimate of drug-likeness (QED) is 0.600. The molecular formula is C15H16F2N6O3S. The van der Waals surface area contributed by atoms with Gasteiger partial charge in [0.2, 0.25) is 10.0 Å². The maximum absolute atomic E-state index is 12.6. The van der Waals surface area contributed by atoms with Gasteiger partial charge in [0.05, 0.1) is 24.2 Å². The van der Waals surface area contributed by atoms with Crippen LogP contribution in [-0.4, -0.2) is 38.9 Å². The number of imidazole rings is 1. The molecule has 0 fully saturated rings. The van der Waals surface area contributed by atoms with Crippen molar-refractivity contribution in [1.29, 1.82) is 0 Å². The minimum Gasteiger partial charge on any atom is -0.414 e. The molecule has 144 valence electrons. The fraction of sp³-hybridized carbons (Fsp3) is 0.333. The lowest BCUT2D eigenvalue weighted by molar-refractivity contribution is 0.116. The number of aryl methyl sites for hydroxylation is 1. The van der Waals surface area contributed by atoms with Gasteiger partial charge >= 0.3 is 6.43 Å². The van der Waals surface area contributed by atoms with Crippen LogP contribution in [0.2, 0.25) is 0 Å². The van der Waals surface area contributed by atoms with Crippen LogP contribution in [0.25, 0.3) is 11.6 Å². The number of rotatable bonds is 7. The summed E-state index contributed by atoms with van der Waals surface area (Å²) in [6.07, 6.45) is 1.59. The average molecular weight is 398 g/mol. The molecular weight excluding hydrogens is 382 g/mol. The van der Waals surface area contributed by atoms with Crippen LogP contribution in [-0.2, 0) is 23.6 Å². The van der Waals surface area contributed by atoms with Gasteiger partial charge in [-0.1, -0.05) is 0 Å². The van der Waals surface area contributed by atoms with Crippen molar-refractivity contribution < 1.29 is 21.6 Å². The van der Waals surface area contributed by atoms with Crippen molar-refractivity contribution in [2.24, 2.45) is 7.05 Å². The van der Waals surface area contributed by atoms with Crippen molar-refractivity contribution in [1.82, 2.24) is 24.7 Å². The van der Waals surface area contributed by atoms with Crippen LogP contribution in [0.15, 0.2) is 35.1 Å². The lowest BCUT2D eigenvalue weighted by Gasteiger charge is -2.23. The van der Waals surface area contributed by atoms with Gasteiger partial charge in [-0.05, 0) is 19.1 Å². The van der Waals surface area contributed by atoms with Gasteiger partial charge in [0, 0.05) is 19.4 Å². The lowest BCUT2D eigenvalue weighted by Crippen LogP contribution is -2.32. The smallest absolute Gasteiger partial charge is 0.314 e. The van der Waals surface area contributed by atoms with Crippen molar-refractivity contribution >= 4 is 15.7 Å². The summed E-state index contributed by atoms with van der Waals surface area (Å²) in [7, 11) is -1.95. The molecule has 0 atom stereocenters. The highest BCUT2D eigenvalue weighted by molar-refractivity contribution is 7.92. The summed E-state index contributed by atoms with van der Waals surface area (Å²) >= 11 is 0. The average Bonchev–Trinajstić information content (AvgIpc) is 3.27. The molecule has 0 bridgehead atoms. The molecule has 0 aliphatic carbocycles. The van der Waals surface area contributed by atoms with Gasteiger partial charge in [0.1, 0.15) is 11.5 Å². The second kappa shape index (κ2) is 7.39. The zero-order valence-electron chi connectivity index (χ0n) is 14.5. The highest BCUT2D eigenvalue weighted by Gasteiger charge is 2.24. The summed E-state index contributed by atoms with van der Waals surface area (Å²) < 4.78 is 57.9. The molecule has 0 aliphatic heterocycles. The Morgan fingerprint density at radius 2 is 2.11 bits per heavy atom. The summed E-state index contributed by atoms with van der Waals surface area (Å²) in [6, 6.07) is 3.25. The van der Waals surface area contributed by atoms with E-state index in [1.54, 1.807) is 23.7 Å². The first-order chi connectivity index (χ1) is 12.8. The van der Waals surface area contributed by atoms with E-state index in [0.717, 1.165) is 0 Å². The van der Waals surface area contributed by atoms with Crippen molar-refractivity contribution in [2.75, 3.05) is 10.1 Å². The fourth-order valence-electron chi connectivity index (χ4n) is 2.32. The summed E-state index contributed by atoms with van der Waals surface area (Å²) in [5.41, 5.74) is 0.564. The van der Waals surface area contributed by atoms with E-state index in [9.17, 15) is 17.2 Å². The maximum atomic E-state index is 12.6. The third-order valence-electron chi connectivity index (χ3n) is 3.74. The summed E-state index contributed by atoms with van der Waals surface area (Å²) in [5, 5.41) is 6.81. The molecule has 0 saturated carbocycles. The SMILES string of the molecule is CCS(=O)(=O)N(Cc1nc(-c2nnc(C(F)F)o2)cn1C)c1cccnc1. The van der Waals surface area contributed by atoms with Crippen LogP contribution < -0.4 is 4.31 Å². The number of halogens is 2. The topological polar surface area (TPSA) is 107 Å². The number of nitrogens with zero attached hydrogens (tertiary/aromatic N) is 6. The van der Waals surface area contributed by atoms with Gasteiger partial charge in [-0.25, -0.2) is 13.4 Å². The molecule has 3 heterocycles. The monoisotopic (exact) mass is 398 g/mol. The molecule has 0 saturated heterocycles. The number of hydrogen-bond acceptors (Lipinski definition) is 7. The molecule has 12 heteroatoms. The van der Waals surface area contributed by atoms with E-state index in [-0.39, 0.29) is 23.9 Å². The molecule has 27 heavy (non-hydrogen) atoms. The van der Waals surface area contributed by atoms with E-state index >= 15 is 0 Å². The van der Waals surface area contributed by atoms with Gasteiger partial charge in [-0.3, -0.25) is 9.29 Å². The molecule has 0 amide bonds. The Bertz CT molecular complexity index is 1020. The van der Waals surface area contributed by atoms with E-state index in [0.29, 0.717) is 11.5 Å². The van der Waals surface area contributed by atoms with Crippen LogP contribution in [0.5, 0.6) is 0 Å². The number of pyridine rings is 1. The first-order valence-electron chi connectivity index (χ1n) is 7.86. The molecule has 9 nitrogen and oxygen atoms in total. The van der Waals surface area contributed by atoms with E-state index in [4.69, 9.17) is 4.42 Å². The number of anilines is 1. The lowest BCUT2D eigenvalue weighted by atomic mass is 10.4. The Morgan fingerprint density at radius 3 is 2.70 bits per heavy atom. The first-order valence-corrected chi connectivity index (χ1v) is 9.47. The summed E-state index contributed by atoms with van der Waals surface area (Å²) in [6.45, 7) is 1.46. The Labute approximate surface area is 153 Å². The predicted molar refractivity (Wildman–Crippen MR) is 91.3 cm³/mol. The Kier molecular flexibility index (Phi) is 5.17. The molecule has 0 radical (unpaired) electrons. The van der Waals surface area contributed by atoms with E-state index in [2.05, 4.69) is 20.2 Å². The fourth-order valence-corrected chi connectivity index (χ4v) is 3.37. The van der Waals surface area contributed by atoms with E-state index in [1.807, 2.05) is 0 Å². The minimum atomic E-state index is -3.60. The van der Waals surface area contributed by atoms with E-state index in [1.165, 1.54) is 29.8 Å². The molecule has 0 aliphatic rings. The standard InChI is InChI=1S/C15H16F2N6O3S/c1-3-27(24,25)23(10-5-4-6-18-7-10)9-12-19-11(8-22(12)2)14-20-21-15(26-14)13(16)17/h4-8,13H,3,9H2,1-2H3. The zero-order chi connectivity index (χ0) is 19.6. The highest BCUT2D eigenvalue weighted by Crippen LogP contribution is 2.24. The molecule has 0 aromatic carbocycles. The maximum Gasteiger partial charge on any atom is 0.314 e. The van der Waals surface area contributed by atoms with Crippen LogP contribution in [0.1, 0.15) is 25.1 Å². The second-order valence-electron chi connectivity index (χ2n) is 5.52. The largest absolute Gasteiger partial charge is 0.414 e. The first kappa shape index (κ1) is 18.9. The number of alkyl halides is 2. The third kappa shape index (κ3) is 3.94. The summed E-state index contributed by atoms with van der Waals surface area (Å²) in [5.74, 6) is -0.718. The van der Waals surface area contributed by atoms with Crippen molar-refractivity contribution in [3.8, 4) is 11.6 Å². The zero-order valence-corrected chi connectivity index (χ0v) is 15.3.